The van der Waals surface area contributed by atoms with Crippen molar-refractivity contribution >= 4 is 29.3 Å². The third-order valence-electron chi connectivity index (χ3n) is 7.17. The molecule has 3 aromatic rings. The predicted octanol–water partition coefficient (Wildman–Crippen LogP) is 5.31. The van der Waals surface area contributed by atoms with Crippen LogP contribution in [-0.4, -0.2) is 42.4 Å². The van der Waals surface area contributed by atoms with E-state index in [-0.39, 0.29) is 17.9 Å². The van der Waals surface area contributed by atoms with Crippen LogP contribution in [0.4, 0.5) is 11.4 Å². The van der Waals surface area contributed by atoms with Crippen molar-refractivity contribution < 1.29 is 9.59 Å². The molecule has 0 aromatic heterocycles. The minimum atomic E-state index is -0.0299. The molecule has 1 atom stereocenters. The highest BCUT2D eigenvalue weighted by atomic mass is 16.2. The van der Waals surface area contributed by atoms with Crippen LogP contribution >= 0.6 is 0 Å². The molecule has 1 saturated heterocycles. The third kappa shape index (κ3) is 5.42. The number of amides is 2. The lowest BCUT2D eigenvalue weighted by Gasteiger charge is -2.39. The molecule has 0 bridgehead atoms. The second kappa shape index (κ2) is 10.9. The SMILES string of the molecule is CC(=O)N1CCc2ccc(N(C(=O)/C=C/c3ccccc3)C3CCCN(Cc4ccccc4)C3)cc21. The van der Waals surface area contributed by atoms with Crippen molar-refractivity contribution in [2.45, 2.75) is 38.8 Å². The minimum Gasteiger partial charge on any atom is -0.312 e. The van der Waals surface area contributed by atoms with E-state index in [1.54, 1.807) is 13.0 Å². The van der Waals surface area contributed by atoms with Gasteiger partial charge in [0.05, 0.1) is 0 Å². The maximum Gasteiger partial charge on any atom is 0.251 e. The molecular formula is C31H33N3O2. The fourth-order valence-electron chi connectivity index (χ4n) is 5.40. The second-order valence-corrected chi connectivity index (χ2v) is 9.70. The topological polar surface area (TPSA) is 43.9 Å². The van der Waals surface area contributed by atoms with Crippen LogP contribution in [0.2, 0.25) is 0 Å². The normalized spacial score (nSPS) is 17.8. The standard InChI is InChI=1S/C31H33N3O2/c1-24(35)33-20-18-27-15-16-28(21-30(27)33)34(31(36)17-14-25-9-4-2-5-10-25)29-13-8-19-32(23-29)22-26-11-6-3-7-12-26/h2-7,9-12,14-17,21,29H,8,13,18-20,22-23H2,1H3/b17-14+. The molecule has 2 heterocycles. The summed E-state index contributed by atoms with van der Waals surface area (Å²) in [6, 6.07) is 26.6. The minimum absolute atomic E-state index is 0.0299. The zero-order valence-corrected chi connectivity index (χ0v) is 20.8. The number of fused-ring (bicyclic) bond motifs is 1. The lowest BCUT2D eigenvalue weighted by molar-refractivity contribution is -0.116. The molecule has 2 aliphatic heterocycles. The Hall–Kier alpha value is -3.70. The van der Waals surface area contributed by atoms with Gasteiger partial charge in [-0.3, -0.25) is 14.5 Å². The van der Waals surface area contributed by atoms with Gasteiger partial charge in [-0.15, -0.1) is 0 Å². The molecule has 1 fully saturated rings. The van der Waals surface area contributed by atoms with E-state index in [2.05, 4.69) is 35.2 Å². The number of carbonyl (C=O) groups excluding carboxylic acids is 2. The smallest absolute Gasteiger partial charge is 0.251 e. The maximum atomic E-state index is 13.7. The molecule has 5 rings (SSSR count). The Morgan fingerprint density at radius 3 is 2.47 bits per heavy atom. The molecule has 5 nitrogen and oxygen atoms in total. The summed E-state index contributed by atoms with van der Waals surface area (Å²) < 4.78 is 0. The molecule has 2 aliphatic rings. The van der Waals surface area contributed by atoms with Crippen LogP contribution in [0.3, 0.4) is 0 Å². The summed E-state index contributed by atoms with van der Waals surface area (Å²) >= 11 is 0. The quantitative estimate of drug-likeness (QED) is 0.450. The van der Waals surface area contributed by atoms with Crippen LogP contribution in [-0.2, 0) is 22.6 Å². The molecule has 5 heteroatoms. The average Bonchev–Trinajstić information content (AvgIpc) is 3.33. The summed E-state index contributed by atoms with van der Waals surface area (Å²) in [5.41, 5.74) is 5.24. The number of anilines is 2. The fourth-order valence-corrected chi connectivity index (χ4v) is 5.40. The Bertz CT molecular complexity index is 1240. The summed E-state index contributed by atoms with van der Waals surface area (Å²) in [6.07, 6.45) is 6.40. The van der Waals surface area contributed by atoms with Gasteiger partial charge in [-0.25, -0.2) is 0 Å². The Morgan fingerprint density at radius 1 is 0.972 bits per heavy atom. The number of hydrogen-bond acceptors (Lipinski definition) is 3. The van der Waals surface area contributed by atoms with E-state index >= 15 is 0 Å². The number of nitrogens with zero attached hydrogens (tertiary/aromatic N) is 3. The summed E-state index contributed by atoms with van der Waals surface area (Å²) in [7, 11) is 0. The molecular weight excluding hydrogens is 446 g/mol. The van der Waals surface area contributed by atoms with Gasteiger partial charge in [0.15, 0.2) is 0 Å². The maximum absolute atomic E-state index is 13.7. The van der Waals surface area contributed by atoms with Crippen molar-refractivity contribution in [3.63, 3.8) is 0 Å². The van der Waals surface area contributed by atoms with Crippen molar-refractivity contribution in [2.75, 3.05) is 29.4 Å². The van der Waals surface area contributed by atoms with Crippen LogP contribution in [0.5, 0.6) is 0 Å². The second-order valence-electron chi connectivity index (χ2n) is 9.70. The summed E-state index contributed by atoms with van der Waals surface area (Å²) in [5.74, 6) is 0.0113. The Morgan fingerprint density at radius 2 is 1.72 bits per heavy atom. The van der Waals surface area contributed by atoms with E-state index in [9.17, 15) is 9.59 Å². The van der Waals surface area contributed by atoms with Crippen molar-refractivity contribution in [2.24, 2.45) is 0 Å². The zero-order chi connectivity index (χ0) is 24.9. The van der Waals surface area contributed by atoms with Gasteiger partial charge >= 0.3 is 0 Å². The first kappa shape index (κ1) is 24.0. The number of hydrogen-bond donors (Lipinski definition) is 0. The lowest BCUT2D eigenvalue weighted by Crippen LogP contribution is -2.50. The monoisotopic (exact) mass is 479 g/mol. The molecule has 0 spiro atoms. The Labute approximate surface area is 213 Å². The fraction of sp³-hybridized carbons (Fsp3) is 0.290. The highest BCUT2D eigenvalue weighted by Crippen LogP contribution is 2.34. The Balaban J connectivity index is 1.44. The zero-order valence-electron chi connectivity index (χ0n) is 20.8. The van der Waals surface area contributed by atoms with Crippen LogP contribution in [0, 0.1) is 0 Å². The molecule has 36 heavy (non-hydrogen) atoms. The van der Waals surface area contributed by atoms with E-state index < -0.39 is 0 Å². The van der Waals surface area contributed by atoms with Gasteiger partial charge in [-0.2, -0.15) is 0 Å². The van der Waals surface area contributed by atoms with Gasteiger partial charge in [0.1, 0.15) is 0 Å². The van der Waals surface area contributed by atoms with Crippen LogP contribution < -0.4 is 9.80 Å². The molecule has 1 unspecified atom stereocenters. The first-order valence-corrected chi connectivity index (χ1v) is 12.8. The predicted molar refractivity (Wildman–Crippen MR) is 146 cm³/mol. The number of carbonyl (C=O) groups is 2. The third-order valence-corrected chi connectivity index (χ3v) is 7.17. The van der Waals surface area contributed by atoms with Crippen molar-refractivity contribution in [3.05, 3.63) is 102 Å². The average molecular weight is 480 g/mol. The highest BCUT2D eigenvalue weighted by Gasteiger charge is 2.31. The van der Waals surface area contributed by atoms with Crippen molar-refractivity contribution in [1.82, 2.24) is 4.90 Å². The van der Waals surface area contributed by atoms with E-state index in [4.69, 9.17) is 0 Å². The van der Waals surface area contributed by atoms with E-state index in [0.717, 1.165) is 61.4 Å². The first-order valence-electron chi connectivity index (χ1n) is 12.8. The number of likely N-dealkylation sites (tertiary alicyclic amines) is 1. The molecule has 184 valence electrons. The van der Waals surface area contributed by atoms with Crippen molar-refractivity contribution in [3.8, 4) is 0 Å². The van der Waals surface area contributed by atoms with Gasteiger partial charge in [0.25, 0.3) is 5.91 Å². The van der Waals surface area contributed by atoms with Crippen LogP contribution in [0.15, 0.2) is 84.9 Å². The van der Waals surface area contributed by atoms with Crippen molar-refractivity contribution in [1.29, 1.82) is 0 Å². The van der Waals surface area contributed by atoms with Gasteiger partial charge in [0.2, 0.25) is 5.91 Å². The van der Waals surface area contributed by atoms with E-state index in [0.29, 0.717) is 6.54 Å². The van der Waals surface area contributed by atoms with E-state index in [1.165, 1.54) is 5.56 Å². The number of benzene rings is 3. The van der Waals surface area contributed by atoms with Gasteiger partial charge in [0, 0.05) is 50.1 Å². The molecule has 0 N–H and O–H groups in total. The molecule has 2 amide bonds. The van der Waals surface area contributed by atoms with Crippen LogP contribution in [0.25, 0.3) is 6.08 Å². The molecule has 0 radical (unpaired) electrons. The number of rotatable bonds is 6. The lowest BCUT2D eigenvalue weighted by atomic mass is 10.0. The van der Waals surface area contributed by atoms with E-state index in [1.807, 2.05) is 64.4 Å². The van der Waals surface area contributed by atoms with Gasteiger partial charge in [-0.05, 0) is 60.7 Å². The van der Waals surface area contributed by atoms with Gasteiger partial charge in [-0.1, -0.05) is 66.7 Å². The van der Waals surface area contributed by atoms with Gasteiger partial charge < -0.3 is 9.80 Å². The highest BCUT2D eigenvalue weighted by molar-refractivity contribution is 6.05. The molecule has 3 aromatic carbocycles. The molecule has 0 aliphatic carbocycles. The van der Waals surface area contributed by atoms with Crippen LogP contribution in [0.1, 0.15) is 36.5 Å². The summed E-state index contributed by atoms with van der Waals surface area (Å²) in [5, 5.41) is 0. The number of piperidine rings is 1. The first-order chi connectivity index (χ1) is 17.6. The Kier molecular flexibility index (Phi) is 7.28. The molecule has 0 saturated carbocycles. The summed E-state index contributed by atoms with van der Waals surface area (Å²) in [6.45, 7) is 5.02. The summed E-state index contributed by atoms with van der Waals surface area (Å²) in [4.78, 5) is 32.2. The largest absolute Gasteiger partial charge is 0.312 e.